The van der Waals surface area contributed by atoms with E-state index in [4.69, 9.17) is 0 Å². The predicted molar refractivity (Wildman–Crippen MR) is 265 cm³/mol. The number of rotatable bonds is 51. The van der Waals surface area contributed by atoms with E-state index in [9.17, 15) is 25.2 Å². The maximum atomic E-state index is 12.6. The van der Waals surface area contributed by atoms with Gasteiger partial charge in [0.05, 0.1) is 18.8 Å². The first kappa shape index (κ1) is 60.1. The highest BCUT2D eigenvalue weighted by molar-refractivity contribution is 5.80. The number of carbonyl (C=O) groups is 1. The molecule has 0 rings (SSSR count). The Morgan fingerprint density at radius 3 is 0.951 bits per heavy atom. The quantitative estimate of drug-likeness (QED) is 0.0309. The highest BCUT2D eigenvalue weighted by atomic mass is 16.3. The molecule has 4 unspecified atom stereocenters. The second-order valence-electron chi connectivity index (χ2n) is 19.3. The highest BCUT2D eigenvalue weighted by Crippen LogP contribution is 2.18. The van der Waals surface area contributed by atoms with Crippen molar-refractivity contribution in [2.45, 2.75) is 327 Å². The zero-order valence-corrected chi connectivity index (χ0v) is 41.2. The third kappa shape index (κ3) is 44.1. The molecule has 0 saturated heterocycles. The van der Waals surface area contributed by atoms with Gasteiger partial charge in [-0.3, -0.25) is 4.79 Å². The number of nitrogens with one attached hydrogen (secondary N) is 1. The summed E-state index contributed by atoms with van der Waals surface area (Å²) in [6.07, 6.45) is 58.5. The van der Waals surface area contributed by atoms with Crippen LogP contribution in [0.15, 0.2) is 12.2 Å². The largest absolute Gasteiger partial charge is 0.394 e. The molecule has 0 aliphatic rings. The van der Waals surface area contributed by atoms with E-state index >= 15 is 0 Å². The van der Waals surface area contributed by atoms with Gasteiger partial charge in [0.15, 0.2) is 0 Å². The van der Waals surface area contributed by atoms with E-state index in [0.29, 0.717) is 12.8 Å². The Balaban J connectivity index is 3.56. The fourth-order valence-corrected chi connectivity index (χ4v) is 8.87. The van der Waals surface area contributed by atoms with Crippen LogP contribution < -0.4 is 5.32 Å². The lowest BCUT2D eigenvalue weighted by atomic mass is 9.99. The molecule has 6 nitrogen and oxygen atoms in total. The first-order chi connectivity index (χ1) is 30.0. The summed E-state index contributed by atoms with van der Waals surface area (Å²) in [7, 11) is 0. The second kappa shape index (κ2) is 50.1. The lowest BCUT2D eigenvalue weighted by molar-refractivity contribution is -0.132. The van der Waals surface area contributed by atoms with Crippen LogP contribution in [0.2, 0.25) is 0 Å². The van der Waals surface area contributed by atoms with Gasteiger partial charge in [-0.15, -0.1) is 0 Å². The second-order valence-corrected chi connectivity index (χ2v) is 19.3. The number of allylic oxidation sites excluding steroid dienone is 2. The van der Waals surface area contributed by atoms with E-state index in [1.165, 1.54) is 238 Å². The fraction of sp³-hybridized carbons (Fsp3) is 0.945. The Bertz CT molecular complexity index is 882. The number of amides is 1. The molecular formula is C55H109NO5. The van der Waals surface area contributed by atoms with Gasteiger partial charge in [0, 0.05) is 0 Å². The molecule has 0 aromatic carbocycles. The van der Waals surface area contributed by atoms with Crippen molar-refractivity contribution in [3.8, 4) is 0 Å². The molecule has 0 aliphatic carbocycles. The topological polar surface area (TPSA) is 110 Å². The minimum Gasteiger partial charge on any atom is -0.394 e. The van der Waals surface area contributed by atoms with Crippen molar-refractivity contribution >= 4 is 5.91 Å². The third-order valence-corrected chi connectivity index (χ3v) is 13.2. The molecule has 0 heterocycles. The van der Waals surface area contributed by atoms with E-state index < -0.39 is 36.9 Å². The standard InChI is InChI=1S/C55H109NO5/c1-3-5-7-9-11-13-15-17-19-20-21-22-23-24-25-26-27-28-29-30-31-32-33-34-35-37-39-41-43-45-47-49-53(59)55(61)56-51(50-57)54(60)52(58)48-46-44-42-40-38-36-18-16-14-12-10-8-6-4-2/h24-25,51-54,57-60H,3-23,26-50H2,1-2H3,(H,56,61)/b25-24-. The van der Waals surface area contributed by atoms with E-state index in [2.05, 4.69) is 31.3 Å². The Kier molecular flexibility index (Phi) is 49.3. The van der Waals surface area contributed by atoms with Crippen molar-refractivity contribution in [3.63, 3.8) is 0 Å². The van der Waals surface area contributed by atoms with Crippen molar-refractivity contribution in [2.24, 2.45) is 0 Å². The molecule has 1 amide bonds. The molecule has 0 fully saturated rings. The van der Waals surface area contributed by atoms with Crippen LogP contribution in [0.4, 0.5) is 0 Å². The number of aliphatic hydroxyl groups excluding tert-OH is 4. The summed E-state index contributed by atoms with van der Waals surface area (Å²) >= 11 is 0. The Morgan fingerprint density at radius 1 is 0.393 bits per heavy atom. The Morgan fingerprint density at radius 2 is 0.656 bits per heavy atom. The van der Waals surface area contributed by atoms with E-state index in [1.807, 2.05) is 0 Å². The fourth-order valence-electron chi connectivity index (χ4n) is 8.87. The maximum Gasteiger partial charge on any atom is 0.249 e. The summed E-state index contributed by atoms with van der Waals surface area (Å²) in [5.41, 5.74) is 0. The number of aliphatic hydroxyl groups is 4. The summed E-state index contributed by atoms with van der Waals surface area (Å²) in [6, 6.07) is -0.982. The number of carbonyl (C=O) groups excluding carboxylic acids is 1. The van der Waals surface area contributed by atoms with Gasteiger partial charge in [-0.2, -0.15) is 0 Å². The molecule has 4 atom stereocenters. The lowest BCUT2D eigenvalue weighted by Gasteiger charge is -2.27. The smallest absolute Gasteiger partial charge is 0.249 e. The van der Waals surface area contributed by atoms with Crippen LogP contribution in [0.25, 0.3) is 0 Å². The van der Waals surface area contributed by atoms with Crippen molar-refractivity contribution < 1.29 is 25.2 Å². The molecule has 0 aromatic heterocycles. The SMILES string of the molecule is CCCCCCCCCCCCCC/C=C\CCCCCCCCCCCCCCCCCC(O)C(=O)NC(CO)C(O)C(O)CCCCCCCCCCCCCCCC. The normalized spacial score (nSPS) is 13.9. The summed E-state index contributed by atoms with van der Waals surface area (Å²) in [5, 5.41) is 43.9. The van der Waals surface area contributed by atoms with Gasteiger partial charge in [0.1, 0.15) is 12.2 Å². The minimum absolute atomic E-state index is 0.373. The van der Waals surface area contributed by atoms with Crippen LogP contribution in [0.5, 0.6) is 0 Å². The average Bonchev–Trinajstić information content (AvgIpc) is 3.26. The van der Waals surface area contributed by atoms with Gasteiger partial charge >= 0.3 is 0 Å². The van der Waals surface area contributed by atoms with Gasteiger partial charge < -0.3 is 25.7 Å². The summed E-state index contributed by atoms with van der Waals surface area (Å²) < 4.78 is 0. The monoisotopic (exact) mass is 864 g/mol. The van der Waals surface area contributed by atoms with Crippen molar-refractivity contribution in [1.82, 2.24) is 5.32 Å². The Labute approximate surface area is 381 Å². The van der Waals surface area contributed by atoms with Crippen LogP contribution in [0, 0.1) is 0 Å². The summed E-state index contributed by atoms with van der Waals surface area (Å²) in [5.74, 6) is -0.579. The minimum atomic E-state index is -1.26. The predicted octanol–water partition coefficient (Wildman–Crippen LogP) is 15.7. The van der Waals surface area contributed by atoms with Crippen LogP contribution in [-0.4, -0.2) is 57.3 Å². The van der Waals surface area contributed by atoms with E-state index in [-0.39, 0.29) is 0 Å². The molecule has 0 saturated carbocycles. The molecule has 5 N–H and O–H groups in total. The molecule has 0 aromatic rings. The Hall–Kier alpha value is -0.950. The first-order valence-corrected chi connectivity index (χ1v) is 27.6. The number of unbranched alkanes of at least 4 members (excludes halogenated alkanes) is 40. The van der Waals surface area contributed by atoms with Crippen molar-refractivity contribution in [1.29, 1.82) is 0 Å². The zero-order valence-electron chi connectivity index (χ0n) is 41.2. The van der Waals surface area contributed by atoms with Crippen LogP contribution in [0.3, 0.4) is 0 Å². The summed E-state index contributed by atoms with van der Waals surface area (Å²) in [6.45, 7) is 4.08. The highest BCUT2D eigenvalue weighted by Gasteiger charge is 2.28. The molecule has 0 aliphatic heterocycles. The van der Waals surface area contributed by atoms with Gasteiger partial charge in [0.2, 0.25) is 5.91 Å². The molecular weight excluding hydrogens is 755 g/mol. The molecule has 0 spiro atoms. The number of hydrogen-bond acceptors (Lipinski definition) is 5. The summed E-state index contributed by atoms with van der Waals surface area (Å²) in [4.78, 5) is 12.6. The zero-order chi connectivity index (χ0) is 44.5. The van der Waals surface area contributed by atoms with Crippen LogP contribution in [-0.2, 0) is 4.79 Å². The maximum absolute atomic E-state index is 12.6. The van der Waals surface area contributed by atoms with Crippen molar-refractivity contribution in [2.75, 3.05) is 6.61 Å². The molecule has 0 radical (unpaired) electrons. The van der Waals surface area contributed by atoms with E-state index in [0.717, 1.165) is 38.5 Å². The van der Waals surface area contributed by atoms with Gasteiger partial charge in [0.25, 0.3) is 0 Å². The third-order valence-electron chi connectivity index (χ3n) is 13.2. The van der Waals surface area contributed by atoms with Crippen molar-refractivity contribution in [3.05, 3.63) is 12.2 Å². The van der Waals surface area contributed by atoms with Crippen LogP contribution >= 0.6 is 0 Å². The average molecular weight is 864 g/mol. The number of hydrogen-bond donors (Lipinski definition) is 5. The van der Waals surface area contributed by atoms with Gasteiger partial charge in [-0.1, -0.05) is 276 Å². The molecule has 61 heavy (non-hydrogen) atoms. The van der Waals surface area contributed by atoms with Gasteiger partial charge in [-0.25, -0.2) is 0 Å². The lowest BCUT2D eigenvalue weighted by Crippen LogP contribution is -2.53. The van der Waals surface area contributed by atoms with Gasteiger partial charge in [-0.05, 0) is 38.5 Å². The molecule has 0 bridgehead atoms. The molecule has 364 valence electrons. The van der Waals surface area contributed by atoms with E-state index in [1.54, 1.807) is 0 Å². The van der Waals surface area contributed by atoms with Crippen LogP contribution in [0.1, 0.15) is 303 Å². The molecule has 6 heteroatoms. The first-order valence-electron chi connectivity index (χ1n) is 27.6.